The normalized spacial score (nSPS) is 10.6. The van der Waals surface area contributed by atoms with Gasteiger partial charge in [0.25, 0.3) is 0 Å². The minimum absolute atomic E-state index is 0.160. The van der Waals surface area contributed by atoms with Crippen molar-refractivity contribution in [3.8, 4) is 5.75 Å². The second kappa shape index (κ2) is 6.66. The van der Waals surface area contributed by atoms with Crippen LogP contribution < -0.4 is 4.74 Å². The molecule has 3 aromatic rings. The Morgan fingerprint density at radius 2 is 1.62 bits per heavy atom. The summed E-state index contributed by atoms with van der Waals surface area (Å²) in [5, 5.41) is 3.88. The van der Waals surface area contributed by atoms with Crippen LogP contribution in [-0.2, 0) is 6.61 Å². The maximum absolute atomic E-state index is 12.9. The number of rotatable bonds is 5. The SMILES string of the molecule is Cc1noc(C)c1COc1ccc(C(=O)c2ccc(F)cc2)cc1. The Labute approximate surface area is 138 Å². The molecule has 0 atom stereocenters. The van der Waals surface area contributed by atoms with Crippen LogP contribution in [0.15, 0.2) is 53.1 Å². The first-order valence-electron chi connectivity index (χ1n) is 7.49. The fourth-order valence-electron chi connectivity index (χ4n) is 2.33. The van der Waals surface area contributed by atoms with Crippen molar-refractivity contribution < 1.29 is 18.4 Å². The van der Waals surface area contributed by atoms with E-state index >= 15 is 0 Å². The molecule has 0 N–H and O–H groups in total. The molecule has 3 rings (SSSR count). The molecule has 0 bridgehead atoms. The molecule has 1 heterocycles. The standard InChI is InChI=1S/C19H16FNO3/c1-12-18(13(2)24-21-12)11-23-17-9-5-15(6-10-17)19(22)14-3-7-16(20)8-4-14/h3-10H,11H2,1-2H3. The van der Waals surface area contributed by atoms with Crippen molar-refractivity contribution in [2.45, 2.75) is 20.5 Å². The lowest BCUT2D eigenvalue weighted by molar-refractivity contribution is 0.103. The first-order valence-corrected chi connectivity index (χ1v) is 7.49. The van der Waals surface area contributed by atoms with Gasteiger partial charge in [0, 0.05) is 11.1 Å². The van der Waals surface area contributed by atoms with Gasteiger partial charge in [-0.2, -0.15) is 0 Å². The molecule has 0 saturated heterocycles. The smallest absolute Gasteiger partial charge is 0.193 e. The fraction of sp³-hybridized carbons (Fsp3) is 0.158. The van der Waals surface area contributed by atoms with E-state index in [2.05, 4.69) is 5.16 Å². The van der Waals surface area contributed by atoms with Gasteiger partial charge in [0.1, 0.15) is 23.9 Å². The van der Waals surface area contributed by atoms with Gasteiger partial charge in [0.05, 0.1) is 11.3 Å². The predicted molar refractivity (Wildman–Crippen MR) is 86.6 cm³/mol. The number of aromatic nitrogens is 1. The van der Waals surface area contributed by atoms with Crippen LogP contribution >= 0.6 is 0 Å². The quantitative estimate of drug-likeness (QED) is 0.658. The number of hydrogen-bond donors (Lipinski definition) is 0. The number of aryl methyl sites for hydroxylation is 2. The van der Waals surface area contributed by atoms with Gasteiger partial charge in [-0.1, -0.05) is 5.16 Å². The second-order valence-electron chi connectivity index (χ2n) is 5.45. The van der Waals surface area contributed by atoms with Crippen molar-refractivity contribution in [1.29, 1.82) is 0 Å². The molecule has 5 heteroatoms. The number of benzene rings is 2. The van der Waals surface area contributed by atoms with E-state index in [1.165, 1.54) is 24.3 Å². The maximum Gasteiger partial charge on any atom is 0.193 e. The van der Waals surface area contributed by atoms with Crippen LogP contribution in [-0.4, -0.2) is 10.9 Å². The van der Waals surface area contributed by atoms with E-state index in [-0.39, 0.29) is 11.6 Å². The third-order valence-corrected chi connectivity index (χ3v) is 3.79. The molecule has 0 saturated carbocycles. The summed E-state index contributed by atoms with van der Waals surface area (Å²) in [6.07, 6.45) is 0. The van der Waals surface area contributed by atoms with E-state index in [9.17, 15) is 9.18 Å². The highest BCUT2D eigenvalue weighted by Gasteiger charge is 2.11. The lowest BCUT2D eigenvalue weighted by atomic mass is 10.0. The highest BCUT2D eigenvalue weighted by Crippen LogP contribution is 2.19. The summed E-state index contributed by atoms with van der Waals surface area (Å²) in [6, 6.07) is 12.3. The van der Waals surface area contributed by atoms with Crippen LogP contribution in [0.2, 0.25) is 0 Å². The average molecular weight is 325 g/mol. The minimum Gasteiger partial charge on any atom is -0.489 e. The highest BCUT2D eigenvalue weighted by atomic mass is 19.1. The third-order valence-electron chi connectivity index (χ3n) is 3.79. The number of hydrogen-bond acceptors (Lipinski definition) is 4. The summed E-state index contributed by atoms with van der Waals surface area (Å²) in [5.74, 6) is 0.850. The lowest BCUT2D eigenvalue weighted by Gasteiger charge is -2.07. The molecule has 0 radical (unpaired) electrons. The minimum atomic E-state index is -0.366. The van der Waals surface area contributed by atoms with E-state index in [0.717, 1.165) is 17.0 Å². The molecule has 122 valence electrons. The van der Waals surface area contributed by atoms with Crippen molar-refractivity contribution in [1.82, 2.24) is 5.16 Å². The Morgan fingerprint density at radius 3 is 2.17 bits per heavy atom. The number of carbonyl (C=O) groups is 1. The topological polar surface area (TPSA) is 52.3 Å². The Morgan fingerprint density at radius 1 is 1.04 bits per heavy atom. The molecule has 1 aromatic heterocycles. The van der Waals surface area contributed by atoms with Crippen LogP contribution in [0.4, 0.5) is 4.39 Å². The van der Waals surface area contributed by atoms with Crippen LogP contribution in [0, 0.1) is 19.7 Å². The monoisotopic (exact) mass is 325 g/mol. The Hall–Kier alpha value is -2.95. The molecular weight excluding hydrogens is 309 g/mol. The zero-order valence-corrected chi connectivity index (χ0v) is 13.4. The van der Waals surface area contributed by atoms with Gasteiger partial charge in [0.2, 0.25) is 0 Å². The molecular formula is C19H16FNO3. The molecule has 4 nitrogen and oxygen atoms in total. The van der Waals surface area contributed by atoms with Crippen LogP contribution in [0.1, 0.15) is 32.9 Å². The van der Waals surface area contributed by atoms with E-state index in [4.69, 9.17) is 9.26 Å². The number of carbonyl (C=O) groups excluding carboxylic acids is 1. The van der Waals surface area contributed by atoms with Crippen LogP contribution in [0.5, 0.6) is 5.75 Å². The van der Waals surface area contributed by atoms with Crippen molar-refractivity contribution in [2.24, 2.45) is 0 Å². The maximum atomic E-state index is 12.9. The van der Waals surface area contributed by atoms with Gasteiger partial charge in [-0.05, 0) is 62.4 Å². The van der Waals surface area contributed by atoms with Gasteiger partial charge >= 0.3 is 0 Å². The molecule has 0 aliphatic rings. The van der Waals surface area contributed by atoms with Crippen molar-refractivity contribution in [2.75, 3.05) is 0 Å². The van der Waals surface area contributed by atoms with Gasteiger partial charge in [-0.15, -0.1) is 0 Å². The summed E-state index contributed by atoms with van der Waals surface area (Å²) in [6.45, 7) is 4.05. The van der Waals surface area contributed by atoms with Crippen LogP contribution in [0.25, 0.3) is 0 Å². The predicted octanol–water partition coefficient (Wildman–Crippen LogP) is 4.24. The number of nitrogens with zero attached hydrogens (tertiary/aromatic N) is 1. The second-order valence-corrected chi connectivity index (χ2v) is 5.45. The molecule has 0 spiro atoms. The lowest BCUT2D eigenvalue weighted by Crippen LogP contribution is -2.02. The van der Waals surface area contributed by atoms with Gasteiger partial charge < -0.3 is 9.26 Å². The van der Waals surface area contributed by atoms with Crippen molar-refractivity contribution >= 4 is 5.78 Å². The highest BCUT2D eigenvalue weighted by molar-refractivity contribution is 6.08. The van der Waals surface area contributed by atoms with Gasteiger partial charge in [-0.25, -0.2) is 4.39 Å². The molecule has 24 heavy (non-hydrogen) atoms. The number of halogens is 1. The van der Waals surface area contributed by atoms with Crippen LogP contribution in [0.3, 0.4) is 0 Å². The molecule has 0 unspecified atom stereocenters. The number of ether oxygens (including phenoxy) is 1. The Kier molecular flexibility index (Phi) is 4.42. The Bertz CT molecular complexity index is 832. The largest absolute Gasteiger partial charge is 0.489 e. The third kappa shape index (κ3) is 3.35. The summed E-state index contributed by atoms with van der Waals surface area (Å²) in [7, 11) is 0. The summed E-state index contributed by atoms with van der Waals surface area (Å²) >= 11 is 0. The summed E-state index contributed by atoms with van der Waals surface area (Å²) in [4.78, 5) is 12.3. The zero-order chi connectivity index (χ0) is 17.1. The molecule has 2 aromatic carbocycles. The number of ketones is 1. The zero-order valence-electron chi connectivity index (χ0n) is 13.4. The van der Waals surface area contributed by atoms with E-state index in [1.54, 1.807) is 24.3 Å². The first-order chi connectivity index (χ1) is 11.5. The van der Waals surface area contributed by atoms with E-state index in [0.29, 0.717) is 23.5 Å². The average Bonchev–Trinajstić information content (AvgIpc) is 2.92. The molecule has 0 aliphatic carbocycles. The van der Waals surface area contributed by atoms with E-state index < -0.39 is 0 Å². The van der Waals surface area contributed by atoms with Crippen molar-refractivity contribution in [3.05, 3.63) is 82.5 Å². The summed E-state index contributed by atoms with van der Waals surface area (Å²) in [5.41, 5.74) is 2.68. The molecule has 0 fully saturated rings. The molecule has 0 amide bonds. The van der Waals surface area contributed by atoms with E-state index in [1.807, 2.05) is 13.8 Å². The summed E-state index contributed by atoms with van der Waals surface area (Å²) < 4.78 is 23.7. The fourth-order valence-corrected chi connectivity index (χ4v) is 2.33. The first kappa shape index (κ1) is 15.9. The molecule has 0 aliphatic heterocycles. The van der Waals surface area contributed by atoms with Gasteiger partial charge in [0.15, 0.2) is 5.78 Å². The van der Waals surface area contributed by atoms with Gasteiger partial charge in [-0.3, -0.25) is 4.79 Å². The Balaban J connectivity index is 1.69. The van der Waals surface area contributed by atoms with Crippen molar-refractivity contribution in [3.63, 3.8) is 0 Å².